The van der Waals surface area contributed by atoms with Crippen molar-refractivity contribution >= 4 is 35.6 Å². The van der Waals surface area contributed by atoms with Crippen molar-refractivity contribution in [1.82, 2.24) is 31.2 Å². The maximum absolute atomic E-state index is 13.2. The van der Waals surface area contributed by atoms with Crippen molar-refractivity contribution in [2.24, 2.45) is 22.2 Å². The van der Waals surface area contributed by atoms with E-state index in [1.54, 1.807) is 0 Å². The molecular weight excluding hydrogens is 500 g/mol. The number of guanidine groups is 1. The first-order chi connectivity index (χ1) is 18.1. The fourth-order valence-electron chi connectivity index (χ4n) is 3.87. The number of nitrogens with two attached hydrogens (primary N) is 3. The van der Waals surface area contributed by atoms with Gasteiger partial charge in [-0.05, 0) is 38.6 Å². The number of aliphatic carboxylic acids is 1. The second kappa shape index (κ2) is 15.1. The van der Waals surface area contributed by atoms with Crippen LogP contribution in [0.15, 0.2) is 17.5 Å². The van der Waals surface area contributed by atoms with Crippen LogP contribution in [0.2, 0.25) is 0 Å². The van der Waals surface area contributed by atoms with Gasteiger partial charge in [-0.25, -0.2) is 9.78 Å². The summed E-state index contributed by atoms with van der Waals surface area (Å²) >= 11 is 0. The average Bonchev–Trinajstić information content (AvgIpc) is 3.57. The Balaban J connectivity index is 2.13. The molecule has 4 amide bonds. The third kappa shape index (κ3) is 10.4. The summed E-state index contributed by atoms with van der Waals surface area (Å²) in [6.07, 6.45) is 4.21. The van der Waals surface area contributed by atoms with E-state index in [-0.39, 0.29) is 44.1 Å². The predicted octanol–water partition coefficient (Wildman–Crippen LogP) is -3.44. The molecule has 4 atom stereocenters. The van der Waals surface area contributed by atoms with E-state index in [4.69, 9.17) is 17.2 Å². The molecular formula is C22H36N10O6. The van der Waals surface area contributed by atoms with Crippen LogP contribution in [0.5, 0.6) is 0 Å². The van der Waals surface area contributed by atoms with Gasteiger partial charge in [0.1, 0.15) is 18.1 Å². The maximum atomic E-state index is 13.2. The topological polar surface area (TPSA) is 273 Å². The zero-order valence-corrected chi connectivity index (χ0v) is 20.9. The number of carbonyl (C=O) groups excluding carboxylic acids is 4. The molecule has 210 valence electrons. The quantitative estimate of drug-likeness (QED) is 0.0572. The molecule has 1 aliphatic heterocycles. The van der Waals surface area contributed by atoms with Crippen LogP contribution in [-0.4, -0.2) is 87.9 Å². The summed E-state index contributed by atoms with van der Waals surface area (Å²) in [5.41, 5.74) is 16.4. The maximum Gasteiger partial charge on any atom is 0.326 e. The molecule has 1 aromatic heterocycles. The van der Waals surface area contributed by atoms with Crippen molar-refractivity contribution in [3.05, 3.63) is 18.2 Å². The number of H-pyrrole nitrogens is 1. The van der Waals surface area contributed by atoms with E-state index in [0.29, 0.717) is 25.1 Å². The Morgan fingerprint density at radius 1 is 1.05 bits per heavy atom. The first-order valence-electron chi connectivity index (χ1n) is 12.2. The monoisotopic (exact) mass is 536 g/mol. The van der Waals surface area contributed by atoms with Crippen LogP contribution in [0.3, 0.4) is 0 Å². The first kappa shape index (κ1) is 30.0. The van der Waals surface area contributed by atoms with Crippen molar-refractivity contribution in [3.63, 3.8) is 0 Å². The van der Waals surface area contributed by atoms with Crippen LogP contribution in [0.25, 0.3) is 0 Å². The van der Waals surface area contributed by atoms with Crippen LogP contribution >= 0.6 is 0 Å². The lowest BCUT2D eigenvalue weighted by Gasteiger charge is -2.25. The van der Waals surface area contributed by atoms with Crippen molar-refractivity contribution < 1.29 is 29.1 Å². The van der Waals surface area contributed by atoms with Gasteiger partial charge in [0.2, 0.25) is 23.6 Å². The van der Waals surface area contributed by atoms with Crippen molar-refractivity contribution in [1.29, 1.82) is 0 Å². The van der Waals surface area contributed by atoms with Gasteiger partial charge in [-0.1, -0.05) is 0 Å². The summed E-state index contributed by atoms with van der Waals surface area (Å²) in [5, 5.41) is 20.2. The molecule has 2 heterocycles. The average molecular weight is 537 g/mol. The number of aromatic nitrogens is 2. The summed E-state index contributed by atoms with van der Waals surface area (Å²) in [7, 11) is 0. The van der Waals surface area contributed by atoms with Crippen LogP contribution < -0.4 is 38.5 Å². The molecule has 0 radical (unpaired) electrons. The van der Waals surface area contributed by atoms with Gasteiger partial charge in [0.25, 0.3) is 0 Å². The second-order valence-corrected chi connectivity index (χ2v) is 8.91. The minimum Gasteiger partial charge on any atom is -0.480 e. The highest BCUT2D eigenvalue weighted by Gasteiger charge is 2.31. The van der Waals surface area contributed by atoms with Gasteiger partial charge in [0, 0.05) is 31.3 Å². The largest absolute Gasteiger partial charge is 0.480 e. The number of carboxylic acids is 1. The van der Waals surface area contributed by atoms with Gasteiger partial charge in [-0.2, -0.15) is 0 Å². The Kier molecular flexibility index (Phi) is 12.0. The minimum absolute atomic E-state index is 0.0879. The molecule has 38 heavy (non-hydrogen) atoms. The molecule has 1 aliphatic rings. The lowest BCUT2D eigenvalue weighted by molar-refractivity contribution is -0.142. The highest BCUT2D eigenvalue weighted by molar-refractivity contribution is 5.94. The Bertz CT molecular complexity index is 989. The zero-order valence-electron chi connectivity index (χ0n) is 20.9. The van der Waals surface area contributed by atoms with E-state index in [1.807, 2.05) is 0 Å². The van der Waals surface area contributed by atoms with Crippen LogP contribution in [0.4, 0.5) is 0 Å². The summed E-state index contributed by atoms with van der Waals surface area (Å²) in [6.45, 7) is 0.890. The van der Waals surface area contributed by atoms with Crippen LogP contribution in [0, 0.1) is 0 Å². The van der Waals surface area contributed by atoms with E-state index < -0.39 is 47.9 Å². The van der Waals surface area contributed by atoms with Gasteiger partial charge >= 0.3 is 5.97 Å². The summed E-state index contributed by atoms with van der Waals surface area (Å²) in [5.74, 6) is -4.01. The third-order valence-electron chi connectivity index (χ3n) is 5.86. The van der Waals surface area contributed by atoms with Crippen molar-refractivity contribution in [2.45, 2.75) is 69.1 Å². The molecule has 0 saturated carbocycles. The van der Waals surface area contributed by atoms with Gasteiger partial charge in [-0.3, -0.25) is 24.2 Å². The molecule has 2 rings (SSSR count). The fraction of sp³-hybridized carbons (Fsp3) is 0.591. The molecule has 12 N–H and O–H groups in total. The molecule has 0 bridgehead atoms. The Labute approximate surface area is 219 Å². The van der Waals surface area contributed by atoms with Gasteiger partial charge < -0.3 is 48.6 Å². The van der Waals surface area contributed by atoms with Crippen LogP contribution in [0.1, 0.15) is 44.2 Å². The normalized spacial score (nSPS) is 17.0. The minimum atomic E-state index is -1.33. The number of primary amides is 1. The van der Waals surface area contributed by atoms with E-state index >= 15 is 0 Å². The number of rotatable bonds is 16. The lowest BCUT2D eigenvalue weighted by Crippen LogP contribution is -2.57. The van der Waals surface area contributed by atoms with Gasteiger partial charge in [-0.15, -0.1) is 0 Å². The standard InChI is InChI=1S/C22H36N10O6/c23-17(33)6-5-15(20(36)32-16(21(37)38)9-12-10-26-11-29-12)31-19(35)14(4-2-8-28-22(24)25)30-18(34)13-3-1-7-27-13/h10-11,13-16,27H,1-9H2,(H2,23,33)(H,26,29)(H,30,34)(H,31,35)(H,32,36)(H,37,38)(H4,24,25,28). The number of amides is 4. The molecule has 1 saturated heterocycles. The number of hydrogen-bond acceptors (Lipinski definition) is 8. The number of hydrogen-bond donors (Lipinski definition) is 9. The molecule has 0 aromatic carbocycles. The molecule has 0 spiro atoms. The van der Waals surface area contributed by atoms with Gasteiger partial charge in [0.05, 0.1) is 12.4 Å². The third-order valence-corrected chi connectivity index (χ3v) is 5.86. The van der Waals surface area contributed by atoms with Crippen LogP contribution in [-0.2, 0) is 30.4 Å². The lowest BCUT2D eigenvalue weighted by atomic mass is 10.1. The van der Waals surface area contributed by atoms with Crippen molar-refractivity contribution in [3.8, 4) is 0 Å². The number of imidazole rings is 1. The summed E-state index contributed by atoms with van der Waals surface area (Å²) < 4.78 is 0. The summed E-state index contributed by atoms with van der Waals surface area (Å²) in [4.78, 5) is 72.4. The zero-order chi connectivity index (χ0) is 28.1. The molecule has 0 aliphatic carbocycles. The molecule has 16 heteroatoms. The fourth-order valence-corrected chi connectivity index (χ4v) is 3.87. The number of aliphatic imine (C=N–C) groups is 1. The molecule has 1 aromatic rings. The highest BCUT2D eigenvalue weighted by Crippen LogP contribution is 2.08. The SMILES string of the molecule is NC(=O)CCC(NC(=O)C(CCCN=C(N)N)NC(=O)C1CCCN1)C(=O)NC(Cc1cnc[nH]1)C(=O)O. The van der Waals surface area contributed by atoms with E-state index in [1.165, 1.54) is 12.5 Å². The highest BCUT2D eigenvalue weighted by atomic mass is 16.4. The Morgan fingerprint density at radius 3 is 2.29 bits per heavy atom. The Morgan fingerprint density at radius 2 is 1.74 bits per heavy atom. The number of nitrogens with one attached hydrogen (secondary N) is 5. The number of aromatic amines is 1. The van der Waals surface area contributed by atoms with E-state index in [0.717, 1.165) is 6.42 Å². The number of carboxylic acid groups (broad SMARTS) is 1. The molecule has 1 fully saturated rings. The molecule has 16 nitrogen and oxygen atoms in total. The molecule has 4 unspecified atom stereocenters. The number of nitrogens with zero attached hydrogens (tertiary/aromatic N) is 2. The van der Waals surface area contributed by atoms with Crippen molar-refractivity contribution in [2.75, 3.05) is 13.1 Å². The predicted molar refractivity (Wildman–Crippen MR) is 135 cm³/mol. The second-order valence-electron chi connectivity index (χ2n) is 8.91. The first-order valence-corrected chi connectivity index (χ1v) is 12.2. The number of carbonyl (C=O) groups is 5. The smallest absolute Gasteiger partial charge is 0.326 e. The van der Waals surface area contributed by atoms with E-state index in [2.05, 4.69) is 36.2 Å². The van der Waals surface area contributed by atoms with Gasteiger partial charge in [0.15, 0.2) is 5.96 Å². The Hall–Kier alpha value is -4.21. The summed E-state index contributed by atoms with van der Waals surface area (Å²) in [6, 6.07) is -4.11. The van der Waals surface area contributed by atoms with E-state index in [9.17, 15) is 29.1 Å².